The number of benzene rings is 1. The maximum atomic E-state index is 12.1. The summed E-state index contributed by atoms with van der Waals surface area (Å²) >= 11 is 0. The predicted molar refractivity (Wildman–Crippen MR) is 70.7 cm³/mol. The van der Waals surface area contributed by atoms with Crippen molar-refractivity contribution in [2.24, 2.45) is 11.8 Å². The van der Waals surface area contributed by atoms with Gasteiger partial charge in [-0.3, -0.25) is 9.59 Å². The van der Waals surface area contributed by atoms with Gasteiger partial charge in [-0.2, -0.15) is 0 Å². The zero-order chi connectivity index (χ0) is 13.7. The molecule has 0 spiro atoms. The molecule has 18 heavy (non-hydrogen) atoms. The van der Waals surface area contributed by atoms with Crippen molar-refractivity contribution in [2.75, 3.05) is 0 Å². The number of rotatable bonds is 6. The van der Waals surface area contributed by atoms with Crippen molar-refractivity contribution in [3.8, 4) is 0 Å². The average molecular weight is 248 g/mol. The highest BCUT2D eigenvalue weighted by atomic mass is 16.4. The lowest BCUT2D eigenvalue weighted by Crippen LogP contribution is -2.25. The predicted octanol–water partition coefficient (Wildman–Crippen LogP) is 3.18. The van der Waals surface area contributed by atoms with E-state index in [9.17, 15) is 9.59 Å². The molecule has 1 N–H and O–H groups in total. The van der Waals surface area contributed by atoms with Crippen LogP contribution in [0.15, 0.2) is 24.3 Å². The van der Waals surface area contributed by atoms with Crippen molar-refractivity contribution in [1.82, 2.24) is 0 Å². The van der Waals surface area contributed by atoms with E-state index in [4.69, 9.17) is 5.11 Å². The fraction of sp³-hybridized carbons (Fsp3) is 0.467. The van der Waals surface area contributed by atoms with Crippen LogP contribution in [0.5, 0.6) is 0 Å². The first-order valence-electron chi connectivity index (χ1n) is 6.33. The largest absolute Gasteiger partial charge is 0.481 e. The molecule has 0 aliphatic heterocycles. The summed E-state index contributed by atoms with van der Waals surface area (Å²) in [5.74, 6) is -2.20. The number of hydrogen-bond donors (Lipinski definition) is 1. The normalized spacial score (nSPS) is 13.9. The van der Waals surface area contributed by atoms with E-state index >= 15 is 0 Å². The summed E-state index contributed by atoms with van der Waals surface area (Å²) in [5, 5.41) is 8.91. The second kappa shape index (κ2) is 6.34. The minimum atomic E-state index is -0.932. The Kier molecular flexibility index (Phi) is 5.08. The van der Waals surface area contributed by atoms with Crippen LogP contribution in [0.4, 0.5) is 0 Å². The van der Waals surface area contributed by atoms with Gasteiger partial charge in [0.2, 0.25) is 0 Å². The number of aryl methyl sites for hydroxylation is 1. The molecular formula is C15H20O3. The Morgan fingerprint density at radius 1 is 1.11 bits per heavy atom. The third kappa shape index (κ3) is 3.42. The van der Waals surface area contributed by atoms with E-state index in [0.717, 1.165) is 12.8 Å². The maximum absolute atomic E-state index is 12.1. The highest BCUT2D eigenvalue weighted by Gasteiger charge is 2.26. The van der Waals surface area contributed by atoms with Gasteiger partial charge in [0.05, 0.1) is 5.92 Å². The molecule has 0 amide bonds. The van der Waals surface area contributed by atoms with Crippen LogP contribution < -0.4 is 0 Å². The second-order valence-corrected chi connectivity index (χ2v) is 4.73. The molecule has 2 atom stereocenters. The van der Waals surface area contributed by atoms with Crippen molar-refractivity contribution in [3.05, 3.63) is 35.4 Å². The zero-order valence-electron chi connectivity index (χ0n) is 11.1. The van der Waals surface area contributed by atoms with Gasteiger partial charge in [-0.15, -0.1) is 0 Å². The molecule has 3 nitrogen and oxygen atoms in total. The van der Waals surface area contributed by atoms with Crippen LogP contribution in [0.25, 0.3) is 0 Å². The Hall–Kier alpha value is -1.64. The van der Waals surface area contributed by atoms with Crippen molar-refractivity contribution in [1.29, 1.82) is 0 Å². The van der Waals surface area contributed by atoms with Gasteiger partial charge in [0.1, 0.15) is 0 Å². The van der Waals surface area contributed by atoms with E-state index in [2.05, 4.69) is 6.92 Å². The molecule has 2 unspecified atom stereocenters. The molecule has 0 radical (unpaired) electrons. The van der Waals surface area contributed by atoms with E-state index in [1.165, 1.54) is 5.56 Å². The molecular weight excluding hydrogens is 228 g/mol. The second-order valence-electron chi connectivity index (χ2n) is 4.73. The topological polar surface area (TPSA) is 54.4 Å². The molecule has 98 valence electrons. The Morgan fingerprint density at radius 3 is 2.11 bits per heavy atom. The number of Topliss-reactive ketones (excluding diaryl/α,β-unsaturated/α-hetero) is 1. The molecule has 0 fully saturated rings. The number of hydrogen-bond acceptors (Lipinski definition) is 2. The zero-order valence-corrected chi connectivity index (χ0v) is 11.1. The van der Waals surface area contributed by atoms with Crippen LogP contribution in [0, 0.1) is 11.8 Å². The number of ketones is 1. The third-order valence-electron chi connectivity index (χ3n) is 3.33. The number of carboxylic acid groups (broad SMARTS) is 1. The van der Waals surface area contributed by atoms with E-state index in [-0.39, 0.29) is 5.78 Å². The molecule has 0 saturated carbocycles. The number of carboxylic acids is 1. The molecule has 0 aliphatic carbocycles. The summed E-state index contributed by atoms with van der Waals surface area (Å²) in [6, 6.07) is 7.46. The minimum Gasteiger partial charge on any atom is -0.481 e. The monoisotopic (exact) mass is 248 g/mol. The van der Waals surface area contributed by atoms with Crippen molar-refractivity contribution >= 4 is 11.8 Å². The van der Waals surface area contributed by atoms with Crippen molar-refractivity contribution in [3.63, 3.8) is 0 Å². The van der Waals surface area contributed by atoms with Gasteiger partial charge in [0, 0.05) is 11.5 Å². The van der Waals surface area contributed by atoms with Gasteiger partial charge >= 0.3 is 5.97 Å². The molecule has 0 saturated heterocycles. The number of carbonyl (C=O) groups is 2. The Balaban J connectivity index is 2.80. The molecule has 0 aromatic heterocycles. The first kappa shape index (κ1) is 14.4. The van der Waals surface area contributed by atoms with Crippen molar-refractivity contribution < 1.29 is 14.7 Å². The van der Waals surface area contributed by atoms with E-state index in [1.54, 1.807) is 26.0 Å². The average Bonchev–Trinajstić information content (AvgIpc) is 2.37. The van der Waals surface area contributed by atoms with Crippen LogP contribution >= 0.6 is 0 Å². The summed E-state index contributed by atoms with van der Waals surface area (Å²) in [6.45, 7) is 5.34. The molecule has 0 heterocycles. The van der Waals surface area contributed by atoms with Crippen LogP contribution in [0.2, 0.25) is 0 Å². The fourth-order valence-electron chi connectivity index (χ4n) is 1.83. The Bertz CT molecular complexity index is 420. The summed E-state index contributed by atoms with van der Waals surface area (Å²) in [4.78, 5) is 23.0. The third-order valence-corrected chi connectivity index (χ3v) is 3.33. The van der Waals surface area contributed by atoms with Gasteiger partial charge in [-0.05, 0) is 12.0 Å². The minimum absolute atomic E-state index is 0.104. The van der Waals surface area contributed by atoms with Gasteiger partial charge in [-0.1, -0.05) is 51.5 Å². The fourth-order valence-corrected chi connectivity index (χ4v) is 1.83. The highest BCUT2D eigenvalue weighted by molar-refractivity contribution is 5.99. The Labute approximate surface area is 108 Å². The lowest BCUT2D eigenvalue weighted by Gasteiger charge is -2.14. The summed E-state index contributed by atoms with van der Waals surface area (Å²) in [5.41, 5.74) is 1.79. The molecule has 1 rings (SSSR count). The van der Waals surface area contributed by atoms with Gasteiger partial charge < -0.3 is 5.11 Å². The summed E-state index contributed by atoms with van der Waals surface area (Å²) in [6.07, 6.45) is 2.06. The summed E-state index contributed by atoms with van der Waals surface area (Å²) in [7, 11) is 0. The van der Waals surface area contributed by atoms with Crippen LogP contribution in [0.3, 0.4) is 0 Å². The molecule has 1 aromatic rings. The summed E-state index contributed by atoms with van der Waals surface area (Å²) < 4.78 is 0. The van der Waals surface area contributed by atoms with Gasteiger partial charge in [0.25, 0.3) is 0 Å². The SMILES string of the molecule is CCCc1ccc(C(=O)C(C)C(C)C(=O)O)cc1. The number of carbonyl (C=O) groups excluding carboxylic acids is 1. The van der Waals surface area contributed by atoms with Crippen LogP contribution in [-0.4, -0.2) is 16.9 Å². The standard InChI is InChI=1S/C15H20O3/c1-4-5-12-6-8-13(9-7-12)14(16)10(2)11(3)15(17)18/h6-11H,4-5H2,1-3H3,(H,17,18). The number of aliphatic carboxylic acids is 1. The van der Waals surface area contributed by atoms with Crippen LogP contribution in [0.1, 0.15) is 43.1 Å². The van der Waals surface area contributed by atoms with Gasteiger partial charge in [-0.25, -0.2) is 0 Å². The lowest BCUT2D eigenvalue weighted by atomic mass is 9.88. The van der Waals surface area contributed by atoms with E-state index in [1.807, 2.05) is 12.1 Å². The maximum Gasteiger partial charge on any atom is 0.306 e. The van der Waals surface area contributed by atoms with Crippen LogP contribution in [-0.2, 0) is 11.2 Å². The lowest BCUT2D eigenvalue weighted by molar-refractivity contribution is -0.142. The first-order valence-corrected chi connectivity index (χ1v) is 6.33. The molecule has 1 aromatic carbocycles. The Morgan fingerprint density at radius 2 is 1.67 bits per heavy atom. The molecule has 0 bridgehead atoms. The smallest absolute Gasteiger partial charge is 0.306 e. The highest BCUT2D eigenvalue weighted by Crippen LogP contribution is 2.18. The van der Waals surface area contributed by atoms with Gasteiger partial charge in [0.15, 0.2) is 5.78 Å². The molecule has 3 heteroatoms. The molecule has 0 aliphatic rings. The van der Waals surface area contributed by atoms with Crippen molar-refractivity contribution in [2.45, 2.75) is 33.6 Å². The quantitative estimate of drug-likeness (QED) is 0.787. The first-order chi connectivity index (χ1) is 8.47. The van der Waals surface area contributed by atoms with E-state index in [0.29, 0.717) is 5.56 Å². The van der Waals surface area contributed by atoms with E-state index < -0.39 is 17.8 Å².